The third kappa shape index (κ3) is 3.67. The van der Waals surface area contributed by atoms with Gasteiger partial charge in [-0.1, -0.05) is 20.8 Å². The molecule has 1 aliphatic heterocycles. The topological polar surface area (TPSA) is 77.0 Å². The molecule has 0 radical (unpaired) electrons. The number of aromatic nitrogens is 4. The third-order valence-corrected chi connectivity index (χ3v) is 4.26. The van der Waals surface area contributed by atoms with Crippen molar-refractivity contribution in [1.82, 2.24) is 24.9 Å². The second-order valence-electron chi connectivity index (χ2n) is 7.09. The highest BCUT2D eigenvalue weighted by molar-refractivity contribution is 5.10. The fourth-order valence-corrected chi connectivity index (χ4v) is 2.93. The Hall–Kier alpha value is -2.02. The molecule has 124 valence electrons. The Kier molecular flexibility index (Phi) is 4.30. The summed E-state index contributed by atoms with van der Waals surface area (Å²) in [5.74, 6) is 0.612. The fraction of sp³-hybridized carbons (Fsp3) is 0.625. The van der Waals surface area contributed by atoms with Crippen molar-refractivity contribution in [3.8, 4) is 0 Å². The minimum Gasteiger partial charge on any atom is -0.427 e. The summed E-state index contributed by atoms with van der Waals surface area (Å²) in [4.78, 5) is 14.4. The number of rotatable bonds is 4. The number of nitrogens with zero attached hydrogens (tertiary/aromatic N) is 5. The van der Waals surface area contributed by atoms with Crippen LogP contribution in [-0.2, 0) is 18.5 Å². The number of hydrogen-bond donors (Lipinski definition) is 0. The molecule has 2 aromatic rings. The predicted octanol–water partition coefficient (Wildman–Crippen LogP) is 1.59. The summed E-state index contributed by atoms with van der Waals surface area (Å²) in [7, 11) is 0. The highest BCUT2D eigenvalue weighted by Gasteiger charge is 2.27. The zero-order valence-electron chi connectivity index (χ0n) is 13.9. The van der Waals surface area contributed by atoms with E-state index in [4.69, 9.17) is 4.42 Å². The van der Waals surface area contributed by atoms with Crippen molar-refractivity contribution in [3.05, 3.63) is 40.5 Å². The summed E-state index contributed by atoms with van der Waals surface area (Å²) in [6.45, 7) is 8.49. The van der Waals surface area contributed by atoms with Crippen molar-refractivity contribution >= 4 is 0 Å². The first-order valence-electron chi connectivity index (χ1n) is 8.01. The molecule has 0 aliphatic carbocycles. The highest BCUT2D eigenvalue weighted by Crippen LogP contribution is 2.21. The molecule has 7 nitrogen and oxygen atoms in total. The van der Waals surface area contributed by atoms with Crippen LogP contribution in [0.4, 0.5) is 0 Å². The van der Waals surface area contributed by atoms with Crippen LogP contribution in [0.5, 0.6) is 0 Å². The predicted molar refractivity (Wildman–Crippen MR) is 84.9 cm³/mol. The minimum absolute atomic E-state index is 0.0531. The molecule has 3 heterocycles. The zero-order valence-corrected chi connectivity index (χ0v) is 13.9. The summed E-state index contributed by atoms with van der Waals surface area (Å²) in [5, 5.41) is 12.2. The summed E-state index contributed by atoms with van der Waals surface area (Å²) in [6, 6.07) is 3.71. The Morgan fingerprint density at radius 3 is 2.87 bits per heavy atom. The molecule has 0 saturated carbocycles. The van der Waals surface area contributed by atoms with Gasteiger partial charge >= 0.3 is 0 Å². The zero-order chi connectivity index (χ0) is 16.4. The van der Waals surface area contributed by atoms with E-state index in [0.717, 1.165) is 25.1 Å². The van der Waals surface area contributed by atoms with Crippen LogP contribution in [0.3, 0.4) is 0 Å². The van der Waals surface area contributed by atoms with Crippen molar-refractivity contribution < 1.29 is 4.42 Å². The van der Waals surface area contributed by atoms with E-state index in [0.29, 0.717) is 19.0 Å². The van der Waals surface area contributed by atoms with Crippen molar-refractivity contribution in [2.75, 3.05) is 6.54 Å². The minimum atomic E-state index is -0.0748. The molecule has 0 N–H and O–H groups in total. The lowest BCUT2D eigenvalue weighted by Crippen LogP contribution is -2.37. The van der Waals surface area contributed by atoms with Gasteiger partial charge in [0.25, 0.3) is 5.56 Å². The molecular weight excluding hydrogens is 294 g/mol. The van der Waals surface area contributed by atoms with Gasteiger partial charge in [-0.3, -0.25) is 9.69 Å². The molecule has 3 rings (SSSR count). The molecule has 1 fully saturated rings. The lowest BCUT2D eigenvalue weighted by molar-refractivity contribution is 0.197. The van der Waals surface area contributed by atoms with Crippen molar-refractivity contribution in [1.29, 1.82) is 0 Å². The van der Waals surface area contributed by atoms with Crippen molar-refractivity contribution in [2.24, 2.45) is 0 Å². The molecule has 1 saturated heterocycles. The van der Waals surface area contributed by atoms with Gasteiger partial charge in [0.05, 0.1) is 18.8 Å². The van der Waals surface area contributed by atoms with Crippen LogP contribution in [0.2, 0.25) is 0 Å². The largest absolute Gasteiger partial charge is 0.427 e. The highest BCUT2D eigenvalue weighted by atomic mass is 16.4. The van der Waals surface area contributed by atoms with Gasteiger partial charge in [-0.15, -0.1) is 10.2 Å². The monoisotopic (exact) mass is 317 g/mol. The molecule has 0 aromatic carbocycles. The molecule has 0 spiro atoms. The van der Waals surface area contributed by atoms with Crippen molar-refractivity contribution in [2.45, 2.75) is 58.2 Å². The van der Waals surface area contributed by atoms with Gasteiger partial charge in [0.15, 0.2) is 0 Å². The third-order valence-electron chi connectivity index (χ3n) is 4.26. The maximum Gasteiger partial charge on any atom is 0.266 e. The standard InChI is InChI=1S/C16H23N5O2/c1-16(2,3)13-6-7-15(22)21(19-13)9-12-5-4-8-20(12)10-14-18-17-11-23-14/h6-7,11-12H,4-5,8-10H2,1-3H3. The Balaban J connectivity index is 1.76. The lowest BCUT2D eigenvalue weighted by Gasteiger charge is -2.24. The lowest BCUT2D eigenvalue weighted by atomic mass is 9.92. The van der Waals surface area contributed by atoms with Gasteiger partial charge < -0.3 is 4.42 Å². The first-order valence-corrected chi connectivity index (χ1v) is 8.01. The summed E-state index contributed by atoms with van der Waals surface area (Å²) in [5.41, 5.74) is 0.801. The Morgan fingerprint density at radius 2 is 2.17 bits per heavy atom. The quantitative estimate of drug-likeness (QED) is 0.852. The Labute approximate surface area is 135 Å². The van der Waals surface area contributed by atoms with E-state index in [2.05, 4.69) is 41.0 Å². The van der Waals surface area contributed by atoms with Crippen LogP contribution in [-0.4, -0.2) is 37.5 Å². The van der Waals surface area contributed by atoms with Crippen LogP contribution >= 0.6 is 0 Å². The average molecular weight is 317 g/mol. The van der Waals surface area contributed by atoms with E-state index in [9.17, 15) is 4.79 Å². The van der Waals surface area contributed by atoms with Gasteiger partial charge in [-0.25, -0.2) is 4.68 Å². The second-order valence-corrected chi connectivity index (χ2v) is 7.09. The average Bonchev–Trinajstić information content (AvgIpc) is 3.13. The summed E-state index contributed by atoms with van der Waals surface area (Å²) >= 11 is 0. The van der Waals surface area contributed by atoms with Crippen molar-refractivity contribution in [3.63, 3.8) is 0 Å². The smallest absolute Gasteiger partial charge is 0.266 e. The maximum absolute atomic E-state index is 12.2. The van der Waals surface area contributed by atoms with E-state index in [1.54, 1.807) is 10.7 Å². The molecule has 7 heteroatoms. The van der Waals surface area contributed by atoms with Gasteiger partial charge in [0.2, 0.25) is 12.3 Å². The molecule has 0 amide bonds. The van der Waals surface area contributed by atoms with Gasteiger partial charge in [-0.2, -0.15) is 5.10 Å². The number of hydrogen-bond acceptors (Lipinski definition) is 6. The SMILES string of the molecule is CC(C)(C)c1ccc(=O)n(CC2CCCN2Cc2nnco2)n1. The normalized spacial score (nSPS) is 19.3. The fourth-order valence-electron chi connectivity index (χ4n) is 2.93. The molecule has 23 heavy (non-hydrogen) atoms. The molecule has 0 bridgehead atoms. The first kappa shape index (κ1) is 15.9. The molecular formula is C16H23N5O2. The van der Waals surface area contributed by atoms with E-state index in [-0.39, 0.29) is 17.0 Å². The van der Waals surface area contributed by atoms with E-state index >= 15 is 0 Å². The molecule has 2 aromatic heterocycles. The van der Waals surface area contributed by atoms with Crippen LogP contribution in [0, 0.1) is 0 Å². The maximum atomic E-state index is 12.2. The van der Waals surface area contributed by atoms with E-state index in [1.165, 1.54) is 6.39 Å². The Bertz CT molecular complexity index is 702. The van der Waals surface area contributed by atoms with E-state index < -0.39 is 0 Å². The Morgan fingerprint density at radius 1 is 1.35 bits per heavy atom. The van der Waals surface area contributed by atoms with Crippen LogP contribution in [0.15, 0.2) is 27.7 Å². The van der Waals surface area contributed by atoms with E-state index in [1.807, 2.05) is 6.07 Å². The van der Waals surface area contributed by atoms with Crippen LogP contribution in [0.25, 0.3) is 0 Å². The molecule has 1 atom stereocenters. The first-order chi connectivity index (χ1) is 10.9. The van der Waals surface area contributed by atoms with Gasteiger partial charge in [-0.05, 0) is 25.5 Å². The number of likely N-dealkylation sites (tertiary alicyclic amines) is 1. The van der Waals surface area contributed by atoms with Gasteiger partial charge in [0.1, 0.15) is 0 Å². The van der Waals surface area contributed by atoms with Crippen LogP contribution in [0.1, 0.15) is 45.2 Å². The second kappa shape index (κ2) is 6.23. The summed E-state index contributed by atoms with van der Waals surface area (Å²) in [6.07, 6.45) is 3.49. The van der Waals surface area contributed by atoms with Gasteiger partial charge in [0, 0.05) is 17.5 Å². The molecule has 1 aliphatic rings. The van der Waals surface area contributed by atoms with Crippen LogP contribution < -0.4 is 5.56 Å². The summed E-state index contributed by atoms with van der Waals surface area (Å²) < 4.78 is 6.83. The molecule has 1 unspecified atom stereocenters.